The molecule has 0 N–H and O–H groups in total. The predicted octanol–water partition coefficient (Wildman–Crippen LogP) is 6.59. The zero-order chi connectivity index (χ0) is 35.8. The lowest BCUT2D eigenvalue weighted by atomic mass is 9.68. The fraction of sp³-hybridized carbons (Fsp3) is 0.395. The summed E-state index contributed by atoms with van der Waals surface area (Å²) in [4.78, 5) is 13.0. The predicted molar refractivity (Wildman–Crippen MR) is 185 cm³/mol. The summed E-state index contributed by atoms with van der Waals surface area (Å²) in [6, 6.07) is 24.8. The van der Waals surface area contributed by atoms with Gasteiger partial charge in [-0.2, -0.15) is 18.4 Å². The number of alkyl halides is 3. The minimum atomic E-state index is -4.56. The van der Waals surface area contributed by atoms with Crippen molar-refractivity contribution in [2.24, 2.45) is 0 Å². The van der Waals surface area contributed by atoms with Gasteiger partial charge in [0.15, 0.2) is 0 Å². The molecule has 7 rings (SSSR count). The topological polar surface area (TPSA) is 109 Å². The highest BCUT2D eigenvalue weighted by Gasteiger charge is 2.53. The number of hydrogen-bond acceptors (Lipinski definition) is 9. The Balaban J connectivity index is 1.40. The molecule has 1 aromatic heterocycles. The number of halogens is 3. The molecule has 0 radical (unpaired) electrons. The van der Waals surface area contributed by atoms with Crippen molar-refractivity contribution in [3.8, 4) is 6.07 Å². The molecule has 1 aliphatic carbocycles. The Labute approximate surface area is 295 Å². The highest BCUT2D eigenvalue weighted by atomic mass is 32.2. The molecule has 2 atom stereocenters. The van der Waals surface area contributed by atoms with E-state index in [-0.39, 0.29) is 47.7 Å². The molecular formula is C38H38F3N5O4S. The maximum Gasteiger partial charge on any atom is 0.395 e. The van der Waals surface area contributed by atoms with Crippen LogP contribution in [0, 0.1) is 11.3 Å². The lowest BCUT2D eigenvalue weighted by Gasteiger charge is -2.46. The monoisotopic (exact) mass is 717 g/mol. The molecule has 0 saturated carbocycles. The number of benzene rings is 3. The number of nitrogens with zero attached hydrogens (tertiary/aromatic N) is 5. The quantitative estimate of drug-likeness (QED) is 0.196. The van der Waals surface area contributed by atoms with Crippen molar-refractivity contribution in [2.45, 2.75) is 68.2 Å². The molecule has 3 heterocycles. The van der Waals surface area contributed by atoms with Gasteiger partial charge in [-0.25, -0.2) is 18.4 Å². The third kappa shape index (κ3) is 7.05. The zero-order valence-electron chi connectivity index (χ0n) is 28.2. The fourth-order valence-electron chi connectivity index (χ4n) is 7.62. The molecule has 4 aromatic rings. The van der Waals surface area contributed by atoms with Crippen molar-refractivity contribution in [1.82, 2.24) is 9.97 Å². The van der Waals surface area contributed by atoms with Gasteiger partial charge in [0.2, 0.25) is 15.0 Å². The minimum Gasteiger partial charge on any atom is -0.380 e. The number of sulfone groups is 1. The van der Waals surface area contributed by atoms with Crippen molar-refractivity contribution in [2.75, 3.05) is 42.4 Å². The van der Waals surface area contributed by atoms with Crippen LogP contribution in [0.25, 0.3) is 0 Å². The van der Waals surface area contributed by atoms with E-state index in [1.54, 1.807) is 6.07 Å². The van der Waals surface area contributed by atoms with Crippen LogP contribution in [0.2, 0.25) is 0 Å². The van der Waals surface area contributed by atoms with Gasteiger partial charge in [0.25, 0.3) is 0 Å². The van der Waals surface area contributed by atoms with Crippen LogP contribution in [0.4, 0.5) is 24.7 Å². The van der Waals surface area contributed by atoms with E-state index in [4.69, 9.17) is 9.47 Å². The molecule has 266 valence electrons. The average Bonchev–Trinajstić information content (AvgIpc) is 3.40. The Bertz CT molecular complexity index is 2010. The van der Waals surface area contributed by atoms with Crippen molar-refractivity contribution >= 4 is 21.3 Å². The Hall–Kier alpha value is -4.51. The Morgan fingerprint density at radius 3 is 2.29 bits per heavy atom. The van der Waals surface area contributed by atoms with Gasteiger partial charge in [-0.15, -0.1) is 0 Å². The van der Waals surface area contributed by atoms with Crippen LogP contribution < -0.4 is 9.80 Å². The Kier molecular flexibility index (Phi) is 9.52. The Morgan fingerprint density at radius 2 is 1.67 bits per heavy atom. The number of nitriles is 1. The van der Waals surface area contributed by atoms with Crippen LogP contribution in [0.15, 0.2) is 78.0 Å². The second-order valence-electron chi connectivity index (χ2n) is 13.4. The van der Waals surface area contributed by atoms with Gasteiger partial charge in [0.1, 0.15) is 17.5 Å². The average molecular weight is 718 g/mol. The highest BCUT2D eigenvalue weighted by Crippen LogP contribution is 2.55. The van der Waals surface area contributed by atoms with E-state index >= 15 is 0 Å². The van der Waals surface area contributed by atoms with Crippen molar-refractivity contribution in [3.05, 3.63) is 112 Å². The van der Waals surface area contributed by atoms with Crippen molar-refractivity contribution in [1.29, 1.82) is 5.26 Å². The number of fused-ring (bicyclic) bond motifs is 3. The number of aromatic nitrogens is 2. The summed E-state index contributed by atoms with van der Waals surface area (Å²) < 4.78 is 82.3. The number of anilines is 2. The number of hydrogen-bond donors (Lipinski definition) is 0. The third-order valence-corrected chi connectivity index (χ3v) is 10.9. The first-order valence-corrected chi connectivity index (χ1v) is 18.9. The lowest BCUT2D eigenvalue weighted by Crippen LogP contribution is -2.44. The molecule has 51 heavy (non-hydrogen) atoms. The van der Waals surface area contributed by atoms with E-state index in [9.17, 15) is 26.9 Å². The van der Waals surface area contributed by atoms with E-state index in [1.165, 1.54) is 6.07 Å². The fourth-order valence-corrected chi connectivity index (χ4v) is 8.15. The van der Waals surface area contributed by atoms with Gasteiger partial charge in [0, 0.05) is 56.6 Å². The first kappa shape index (κ1) is 34.9. The number of rotatable bonds is 7. The summed E-state index contributed by atoms with van der Waals surface area (Å²) in [7, 11) is -3.86. The van der Waals surface area contributed by atoms with E-state index in [2.05, 4.69) is 16.0 Å². The third-order valence-electron chi connectivity index (χ3n) is 10.0. The largest absolute Gasteiger partial charge is 0.395 e. The molecule has 1 saturated heterocycles. The molecule has 3 aliphatic rings. The van der Waals surface area contributed by atoms with Gasteiger partial charge in [-0.3, -0.25) is 0 Å². The van der Waals surface area contributed by atoms with Crippen LogP contribution in [0.5, 0.6) is 0 Å². The molecule has 1 fully saturated rings. The van der Waals surface area contributed by atoms with Crippen LogP contribution in [-0.4, -0.2) is 57.1 Å². The second-order valence-corrected chi connectivity index (χ2v) is 15.3. The molecule has 1 spiro atoms. The van der Waals surface area contributed by atoms with E-state index < -0.39 is 27.5 Å². The lowest BCUT2D eigenvalue weighted by molar-refractivity contribution is -0.165. The van der Waals surface area contributed by atoms with Gasteiger partial charge < -0.3 is 19.3 Å². The van der Waals surface area contributed by atoms with Gasteiger partial charge in [-0.1, -0.05) is 66.7 Å². The molecule has 2 aliphatic heterocycles. The van der Waals surface area contributed by atoms with Crippen LogP contribution >= 0.6 is 0 Å². The van der Waals surface area contributed by atoms with Gasteiger partial charge in [-0.05, 0) is 42.0 Å². The van der Waals surface area contributed by atoms with Crippen LogP contribution in [-0.2, 0) is 51.0 Å². The first-order chi connectivity index (χ1) is 24.5. The summed E-state index contributed by atoms with van der Waals surface area (Å²) >= 11 is 0. The van der Waals surface area contributed by atoms with Crippen LogP contribution in [0.1, 0.15) is 64.3 Å². The zero-order valence-corrected chi connectivity index (χ0v) is 29.0. The first-order valence-electron chi connectivity index (χ1n) is 17.0. The maximum atomic E-state index is 14.7. The van der Waals surface area contributed by atoms with Crippen LogP contribution in [0.3, 0.4) is 0 Å². The normalized spacial score (nSPS) is 20.6. The molecule has 0 unspecified atom stereocenters. The summed E-state index contributed by atoms with van der Waals surface area (Å²) in [5, 5.41) is 10.6. The van der Waals surface area contributed by atoms with Gasteiger partial charge >= 0.3 is 6.18 Å². The maximum absolute atomic E-state index is 14.7. The molecular weight excluding hydrogens is 680 g/mol. The summed E-state index contributed by atoms with van der Waals surface area (Å²) in [5.74, 6) is -1.37. The van der Waals surface area contributed by atoms with Crippen molar-refractivity contribution < 1.29 is 31.1 Å². The van der Waals surface area contributed by atoms with Crippen molar-refractivity contribution in [3.63, 3.8) is 0 Å². The number of ether oxygens (including phenoxy) is 2. The minimum absolute atomic E-state index is 0.000782. The SMILES string of the molecule is CS(=O)(=O)c1nc2c(c(N3CCCOCC3)n1)CO[C@]1(CC[C@@H](C(F)(F)F)c3ccc(N(Cc4ccccc4)Cc4ccccc4)c(C#N)c31)C2. The van der Waals surface area contributed by atoms with Gasteiger partial charge in [0.05, 0.1) is 36.1 Å². The van der Waals surface area contributed by atoms with E-state index in [1.807, 2.05) is 70.5 Å². The second kappa shape index (κ2) is 13.9. The summed E-state index contributed by atoms with van der Waals surface area (Å²) in [5.41, 5.74) is 2.36. The smallest absolute Gasteiger partial charge is 0.380 e. The summed E-state index contributed by atoms with van der Waals surface area (Å²) in [6.45, 7) is 2.79. The summed E-state index contributed by atoms with van der Waals surface area (Å²) in [6.07, 6.45) is -3.12. The molecule has 0 bridgehead atoms. The molecule has 9 nitrogen and oxygen atoms in total. The molecule has 13 heteroatoms. The molecule has 3 aromatic carbocycles. The standard InChI is InChI=1S/C38H38F3N5O4S/c1-51(47,48)36-43-32-21-37(50-25-30(32)35(44-36)45-17-8-19-49-20-18-45)16-15-31(38(39,40)41)28-13-14-33(29(22-42)34(28)37)46(23-26-9-4-2-5-10-26)24-27-11-6-3-7-12-27/h2-7,9-14,31H,8,15-21,23-25H2,1H3/t31-,37-/m1/s1. The van der Waals surface area contributed by atoms with E-state index in [0.717, 1.165) is 17.4 Å². The molecule has 0 amide bonds. The highest BCUT2D eigenvalue weighted by molar-refractivity contribution is 7.90. The van der Waals surface area contributed by atoms with E-state index in [0.29, 0.717) is 68.6 Å². The Morgan fingerprint density at radius 1 is 0.980 bits per heavy atom.